The highest BCUT2D eigenvalue weighted by Gasteiger charge is 2.44. The summed E-state index contributed by atoms with van der Waals surface area (Å²) in [6, 6.07) is 17.9. The first-order chi connectivity index (χ1) is 13.0. The van der Waals surface area contributed by atoms with Crippen LogP contribution in [0.5, 0.6) is 0 Å². The van der Waals surface area contributed by atoms with Crippen molar-refractivity contribution >= 4 is 20.2 Å². The van der Waals surface area contributed by atoms with E-state index in [0.717, 1.165) is 6.42 Å². The maximum absolute atomic E-state index is 2.58. The zero-order valence-corrected chi connectivity index (χ0v) is 17.6. The van der Waals surface area contributed by atoms with Gasteiger partial charge in [-0.3, -0.25) is 0 Å². The van der Waals surface area contributed by atoms with Crippen molar-refractivity contribution in [2.45, 2.75) is 38.9 Å². The first-order valence-electron chi connectivity index (χ1n) is 9.96. The summed E-state index contributed by atoms with van der Waals surface area (Å²) < 4.78 is 0. The van der Waals surface area contributed by atoms with Crippen molar-refractivity contribution in [2.75, 3.05) is 0 Å². The van der Waals surface area contributed by atoms with Gasteiger partial charge in [0.15, 0.2) is 0 Å². The van der Waals surface area contributed by atoms with Gasteiger partial charge in [0.1, 0.15) is 0 Å². The van der Waals surface area contributed by atoms with E-state index in [-0.39, 0.29) is 0 Å². The highest BCUT2D eigenvalue weighted by molar-refractivity contribution is 6.87. The lowest BCUT2D eigenvalue weighted by molar-refractivity contribution is 1.07. The van der Waals surface area contributed by atoms with Crippen LogP contribution >= 0.6 is 0 Å². The van der Waals surface area contributed by atoms with E-state index in [1.165, 1.54) is 39.0 Å². The summed E-state index contributed by atoms with van der Waals surface area (Å²) in [5, 5.41) is 1.67. The molecule has 0 saturated carbocycles. The molecule has 0 heterocycles. The molecule has 5 rings (SSSR count). The lowest BCUT2D eigenvalue weighted by atomic mass is 9.90. The molecular formula is C26H26Si. The van der Waals surface area contributed by atoms with E-state index < -0.39 is 8.07 Å². The Labute approximate surface area is 163 Å². The van der Waals surface area contributed by atoms with Gasteiger partial charge in [0, 0.05) is 5.54 Å². The molecule has 2 aromatic carbocycles. The summed E-state index contributed by atoms with van der Waals surface area (Å²) >= 11 is 0. The Morgan fingerprint density at radius 1 is 0.815 bits per heavy atom. The minimum absolute atomic E-state index is 0.574. The molecule has 3 aliphatic carbocycles. The predicted octanol–water partition coefficient (Wildman–Crippen LogP) is 6.87. The molecule has 0 aromatic heterocycles. The maximum atomic E-state index is 2.58. The normalized spacial score (nSPS) is 20.6. The Balaban J connectivity index is 1.64. The Bertz CT molecular complexity index is 1090. The molecule has 1 atom stereocenters. The lowest BCUT2D eigenvalue weighted by Crippen LogP contribution is -2.39. The van der Waals surface area contributed by atoms with E-state index >= 15 is 0 Å². The van der Waals surface area contributed by atoms with Crippen LogP contribution < -0.4 is 0 Å². The number of rotatable bonds is 2. The Kier molecular flexibility index (Phi) is 3.61. The fraction of sp³-hybridized carbons (Fsp3) is 0.231. The molecule has 3 aliphatic rings. The fourth-order valence-corrected chi connectivity index (χ4v) is 10.3. The number of hydrogen-bond acceptors (Lipinski definition) is 0. The van der Waals surface area contributed by atoms with Crippen LogP contribution in [0.15, 0.2) is 82.1 Å². The second-order valence-electron chi connectivity index (χ2n) is 8.83. The van der Waals surface area contributed by atoms with Gasteiger partial charge in [-0.25, -0.2) is 0 Å². The summed E-state index contributed by atoms with van der Waals surface area (Å²) in [6.45, 7) is 9.83. The monoisotopic (exact) mass is 366 g/mol. The van der Waals surface area contributed by atoms with Crippen molar-refractivity contribution in [1.29, 1.82) is 0 Å². The average Bonchev–Trinajstić information content (AvgIpc) is 3.14. The minimum Gasteiger partial charge on any atom is -0.0676 e. The van der Waals surface area contributed by atoms with Crippen molar-refractivity contribution < 1.29 is 0 Å². The van der Waals surface area contributed by atoms with Gasteiger partial charge in [-0.15, -0.1) is 0 Å². The Morgan fingerprint density at radius 3 is 2.33 bits per heavy atom. The van der Waals surface area contributed by atoms with Crippen LogP contribution in [0.25, 0.3) is 12.2 Å². The first kappa shape index (κ1) is 16.8. The molecule has 0 aliphatic heterocycles. The number of fused-ring (bicyclic) bond motifs is 3. The quantitative estimate of drug-likeness (QED) is 0.509. The van der Waals surface area contributed by atoms with Crippen LogP contribution in [-0.2, 0) is 6.42 Å². The summed E-state index contributed by atoms with van der Waals surface area (Å²) in [5.41, 5.74) is 12.5. The average molecular weight is 367 g/mol. The molecule has 0 saturated heterocycles. The lowest BCUT2D eigenvalue weighted by Gasteiger charge is -2.36. The van der Waals surface area contributed by atoms with Crippen LogP contribution in [0.4, 0.5) is 0 Å². The second kappa shape index (κ2) is 5.81. The van der Waals surface area contributed by atoms with Crippen molar-refractivity contribution in [1.82, 2.24) is 0 Å². The molecule has 0 radical (unpaired) electrons. The van der Waals surface area contributed by atoms with Crippen LogP contribution in [0.2, 0.25) is 13.1 Å². The molecule has 0 amide bonds. The van der Waals surface area contributed by atoms with E-state index in [1.54, 1.807) is 10.8 Å². The molecule has 0 nitrogen and oxygen atoms in total. The van der Waals surface area contributed by atoms with Crippen LogP contribution in [0, 0.1) is 0 Å². The van der Waals surface area contributed by atoms with Gasteiger partial charge in [-0.05, 0) is 64.9 Å². The molecular weight excluding hydrogens is 340 g/mol. The molecule has 0 spiro atoms. The van der Waals surface area contributed by atoms with Gasteiger partial charge >= 0.3 is 0 Å². The van der Waals surface area contributed by atoms with Gasteiger partial charge < -0.3 is 0 Å². The fourth-order valence-electron chi connectivity index (χ4n) is 5.73. The first-order valence-corrected chi connectivity index (χ1v) is 13.0. The van der Waals surface area contributed by atoms with Gasteiger partial charge in [-0.1, -0.05) is 84.9 Å². The summed E-state index contributed by atoms with van der Waals surface area (Å²) in [6.07, 6.45) is 8.42. The van der Waals surface area contributed by atoms with Crippen molar-refractivity contribution in [3.05, 3.63) is 104 Å². The third kappa shape index (κ3) is 2.41. The summed E-state index contributed by atoms with van der Waals surface area (Å²) in [5.74, 6) is 0. The van der Waals surface area contributed by atoms with Crippen molar-refractivity contribution in [3.8, 4) is 0 Å². The molecule has 1 unspecified atom stereocenters. The topological polar surface area (TPSA) is 0 Å². The van der Waals surface area contributed by atoms with E-state index in [1.807, 2.05) is 0 Å². The van der Waals surface area contributed by atoms with Gasteiger partial charge in [0.2, 0.25) is 0 Å². The molecule has 134 valence electrons. The Morgan fingerprint density at radius 2 is 1.52 bits per heavy atom. The van der Waals surface area contributed by atoms with E-state index in [2.05, 4.69) is 93.7 Å². The minimum atomic E-state index is -1.75. The molecule has 2 aromatic rings. The summed E-state index contributed by atoms with van der Waals surface area (Å²) in [4.78, 5) is 0. The number of benzene rings is 2. The van der Waals surface area contributed by atoms with Crippen LogP contribution in [0.3, 0.4) is 0 Å². The molecule has 0 bridgehead atoms. The van der Waals surface area contributed by atoms with E-state index in [0.29, 0.717) is 5.54 Å². The zero-order valence-electron chi connectivity index (χ0n) is 16.6. The number of hydrogen-bond donors (Lipinski definition) is 0. The molecule has 0 N–H and O–H groups in total. The highest BCUT2D eigenvalue weighted by atomic mass is 28.3. The summed E-state index contributed by atoms with van der Waals surface area (Å²) in [7, 11) is -1.75. The number of allylic oxidation sites excluding steroid dienone is 6. The van der Waals surface area contributed by atoms with E-state index in [9.17, 15) is 0 Å². The van der Waals surface area contributed by atoms with Gasteiger partial charge in [0.25, 0.3) is 0 Å². The van der Waals surface area contributed by atoms with Crippen molar-refractivity contribution in [3.63, 3.8) is 0 Å². The zero-order chi connectivity index (χ0) is 18.8. The standard InChI is InChI=1S/C26H26Si/c1-17-13-21-11-7-8-12-23(21)25(17)27(3,4)26-18(2)14-22-15-19-9-5-6-10-20(19)16-24(22)26/h5-14,16,25H,15H2,1-4H3. The molecule has 0 fully saturated rings. The maximum Gasteiger partial charge on any atom is 0.0934 e. The van der Waals surface area contributed by atoms with Crippen LogP contribution in [-0.4, -0.2) is 8.07 Å². The molecule has 1 heteroatoms. The van der Waals surface area contributed by atoms with Crippen molar-refractivity contribution in [2.24, 2.45) is 0 Å². The van der Waals surface area contributed by atoms with Gasteiger partial charge in [-0.2, -0.15) is 0 Å². The second-order valence-corrected chi connectivity index (χ2v) is 13.4. The molecule has 27 heavy (non-hydrogen) atoms. The van der Waals surface area contributed by atoms with E-state index in [4.69, 9.17) is 0 Å². The van der Waals surface area contributed by atoms with Gasteiger partial charge in [0.05, 0.1) is 8.07 Å². The Hall–Kier alpha value is -2.38. The highest BCUT2D eigenvalue weighted by Crippen LogP contribution is 2.50. The largest absolute Gasteiger partial charge is 0.0934 e. The third-order valence-electron chi connectivity index (χ3n) is 6.65. The third-order valence-corrected chi connectivity index (χ3v) is 10.8. The van der Waals surface area contributed by atoms with Crippen LogP contribution in [0.1, 0.15) is 41.6 Å². The predicted molar refractivity (Wildman–Crippen MR) is 119 cm³/mol. The smallest absolute Gasteiger partial charge is 0.0676 e. The SMILES string of the molecule is CC1=Cc2ccccc2C1[Si](C)(C)C1=C(C)C=C2Cc3ccccc3C=C21.